The number of halogens is 1. The van der Waals surface area contributed by atoms with Gasteiger partial charge in [-0.3, -0.25) is 4.79 Å². The van der Waals surface area contributed by atoms with Gasteiger partial charge in [0.15, 0.2) is 0 Å². The van der Waals surface area contributed by atoms with Crippen molar-refractivity contribution in [3.8, 4) is 0 Å². The highest BCUT2D eigenvalue weighted by atomic mass is 35.5. The van der Waals surface area contributed by atoms with Gasteiger partial charge in [0, 0.05) is 18.3 Å². The maximum absolute atomic E-state index is 13.1. The highest BCUT2D eigenvalue weighted by molar-refractivity contribution is 6.49. The molecular weight excluding hydrogens is 438 g/mol. The largest absolute Gasteiger partial charge is 0.321 e. The van der Waals surface area contributed by atoms with Gasteiger partial charge in [-0.25, -0.2) is 9.79 Å². The van der Waals surface area contributed by atoms with Gasteiger partial charge in [-0.2, -0.15) is 0 Å². The quantitative estimate of drug-likeness (QED) is 0.360. The van der Waals surface area contributed by atoms with E-state index in [1.807, 2.05) is 49.4 Å². The number of anilines is 2. The molecule has 1 heterocycles. The van der Waals surface area contributed by atoms with E-state index in [0.717, 1.165) is 36.8 Å². The van der Waals surface area contributed by atoms with Gasteiger partial charge in [0.25, 0.3) is 5.91 Å². The molecule has 1 aliphatic heterocycles. The van der Waals surface area contributed by atoms with E-state index in [9.17, 15) is 9.59 Å². The standard InChI is InChI=1S/C25H31N5O2.ClH/c1-4-5-6-7-14-20(26)22-19-13-8-9-15-21(19)30(3)24(31)23(28-22)29-25(32)27-18-12-10-11-17(2)16-18;/h8-13,15-16,23,26H,4-7,14H2,1-3H3,(H2,27,29,32);1H. The lowest BCUT2D eigenvalue weighted by molar-refractivity contribution is -0.119. The molecule has 0 spiro atoms. The molecule has 2 aromatic carbocycles. The van der Waals surface area contributed by atoms with Gasteiger partial charge in [-0.15, -0.1) is 12.4 Å². The number of fused-ring (bicyclic) bond motifs is 1. The first-order valence-corrected chi connectivity index (χ1v) is 11.1. The van der Waals surface area contributed by atoms with Crippen molar-refractivity contribution >= 4 is 47.1 Å². The fourth-order valence-corrected chi connectivity index (χ4v) is 3.72. The number of benzodiazepines with no additional fused rings is 1. The molecule has 8 heteroatoms. The summed E-state index contributed by atoms with van der Waals surface area (Å²) in [5, 5.41) is 14.1. The van der Waals surface area contributed by atoms with Crippen LogP contribution in [-0.4, -0.2) is 36.6 Å². The zero-order valence-electron chi connectivity index (χ0n) is 19.4. The second-order valence-corrected chi connectivity index (χ2v) is 8.05. The fraction of sp³-hybridized carbons (Fsp3) is 0.360. The molecule has 176 valence electrons. The Bertz CT molecular complexity index is 1040. The average Bonchev–Trinajstić information content (AvgIpc) is 2.87. The Hall–Kier alpha value is -3.19. The molecule has 1 unspecified atom stereocenters. The van der Waals surface area contributed by atoms with Gasteiger partial charge in [0.1, 0.15) is 0 Å². The van der Waals surface area contributed by atoms with Crippen LogP contribution in [0.15, 0.2) is 53.5 Å². The number of likely N-dealkylation sites (N-methyl/N-ethyl adjacent to an activating group) is 1. The minimum atomic E-state index is -1.12. The number of hydrogen-bond donors (Lipinski definition) is 3. The normalized spacial score (nSPS) is 15.0. The molecule has 1 aliphatic rings. The van der Waals surface area contributed by atoms with E-state index in [2.05, 4.69) is 22.5 Å². The van der Waals surface area contributed by atoms with E-state index in [0.29, 0.717) is 29.2 Å². The smallest absolute Gasteiger partial charge is 0.311 e. The van der Waals surface area contributed by atoms with Crippen molar-refractivity contribution in [3.63, 3.8) is 0 Å². The zero-order chi connectivity index (χ0) is 23.1. The van der Waals surface area contributed by atoms with Crippen LogP contribution in [0.3, 0.4) is 0 Å². The number of benzene rings is 2. The number of carbonyl (C=O) groups excluding carboxylic acids is 2. The summed E-state index contributed by atoms with van der Waals surface area (Å²) in [5.74, 6) is -0.356. The predicted octanol–water partition coefficient (Wildman–Crippen LogP) is 5.32. The molecule has 2 aromatic rings. The molecule has 3 N–H and O–H groups in total. The summed E-state index contributed by atoms with van der Waals surface area (Å²) < 4.78 is 0. The first-order valence-electron chi connectivity index (χ1n) is 11.1. The molecule has 3 amide bonds. The van der Waals surface area contributed by atoms with Crippen molar-refractivity contribution < 1.29 is 9.59 Å². The number of para-hydroxylation sites is 1. The monoisotopic (exact) mass is 469 g/mol. The number of unbranched alkanes of at least 4 members (excludes halogenated alkanes) is 3. The van der Waals surface area contributed by atoms with Crippen LogP contribution in [-0.2, 0) is 4.79 Å². The molecular formula is C25H32ClN5O2. The van der Waals surface area contributed by atoms with Crippen LogP contribution in [0.1, 0.15) is 50.2 Å². The molecule has 0 bridgehead atoms. The SMILES string of the molecule is CCCCCCC(=N)C1=NC(NC(=O)Nc2cccc(C)c2)C(=O)N(C)c2ccccc21.Cl. The summed E-state index contributed by atoms with van der Waals surface area (Å²) in [4.78, 5) is 31.8. The Morgan fingerprint density at radius 3 is 2.61 bits per heavy atom. The molecule has 0 aromatic heterocycles. The van der Waals surface area contributed by atoms with Crippen LogP contribution in [0.4, 0.5) is 16.2 Å². The van der Waals surface area contributed by atoms with Gasteiger partial charge in [-0.05, 0) is 43.5 Å². The number of nitrogens with one attached hydrogen (secondary N) is 3. The summed E-state index contributed by atoms with van der Waals surface area (Å²) in [5.41, 5.74) is 3.89. The Kier molecular flexibility index (Phi) is 9.60. The Morgan fingerprint density at radius 2 is 1.88 bits per heavy atom. The zero-order valence-corrected chi connectivity index (χ0v) is 20.2. The highest BCUT2D eigenvalue weighted by Gasteiger charge is 2.31. The molecule has 1 atom stereocenters. The Balaban J connectivity index is 0.00000385. The van der Waals surface area contributed by atoms with Crippen molar-refractivity contribution in [2.75, 3.05) is 17.3 Å². The topological polar surface area (TPSA) is 97.6 Å². The molecule has 0 fully saturated rings. The van der Waals surface area contributed by atoms with Crippen molar-refractivity contribution in [1.29, 1.82) is 5.41 Å². The number of amides is 3. The van der Waals surface area contributed by atoms with Crippen LogP contribution in [0.25, 0.3) is 0 Å². The minimum absolute atomic E-state index is 0. The van der Waals surface area contributed by atoms with Crippen molar-refractivity contribution in [3.05, 3.63) is 59.7 Å². The molecule has 33 heavy (non-hydrogen) atoms. The van der Waals surface area contributed by atoms with Crippen molar-refractivity contribution in [1.82, 2.24) is 5.32 Å². The molecule has 0 radical (unpaired) electrons. The third-order valence-corrected chi connectivity index (χ3v) is 5.45. The van der Waals surface area contributed by atoms with Gasteiger partial charge in [0.2, 0.25) is 6.17 Å². The second-order valence-electron chi connectivity index (χ2n) is 8.05. The maximum Gasteiger partial charge on any atom is 0.321 e. The van der Waals surface area contributed by atoms with Crippen molar-refractivity contribution in [2.24, 2.45) is 4.99 Å². The van der Waals surface area contributed by atoms with Crippen LogP contribution in [0, 0.1) is 12.3 Å². The number of nitrogens with zero attached hydrogens (tertiary/aromatic N) is 2. The molecule has 7 nitrogen and oxygen atoms in total. The van der Waals surface area contributed by atoms with Crippen LogP contribution < -0.4 is 15.5 Å². The number of urea groups is 1. The summed E-state index contributed by atoms with van der Waals surface area (Å²) in [6.45, 7) is 4.09. The van der Waals surface area contributed by atoms with E-state index in [-0.39, 0.29) is 18.3 Å². The lowest BCUT2D eigenvalue weighted by atomic mass is 9.99. The van der Waals surface area contributed by atoms with Gasteiger partial charge < -0.3 is 20.9 Å². The highest BCUT2D eigenvalue weighted by Crippen LogP contribution is 2.25. The molecule has 0 aliphatic carbocycles. The molecule has 3 rings (SSSR count). The third-order valence-electron chi connectivity index (χ3n) is 5.45. The van der Waals surface area contributed by atoms with Crippen LogP contribution >= 0.6 is 12.4 Å². The maximum atomic E-state index is 13.1. The first-order chi connectivity index (χ1) is 15.4. The second kappa shape index (κ2) is 12.2. The van der Waals surface area contributed by atoms with E-state index < -0.39 is 12.2 Å². The number of aliphatic imine (C=N–C) groups is 1. The summed E-state index contributed by atoms with van der Waals surface area (Å²) in [7, 11) is 1.66. The molecule has 0 saturated heterocycles. The van der Waals surface area contributed by atoms with E-state index in [1.54, 1.807) is 13.1 Å². The van der Waals surface area contributed by atoms with Gasteiger partial charge in [-0.1, -0.05) is 56.5 Å². The number of hydrogen-bond acceptors (Lipinski definition) is 4. The number of aryl methyl sites for hydroxylation is 1. The lowest BCUT2D eigenvalue weighted by Crippen LogP contribution is -2.47. The van der Waals surface area contributed by atoms with Crippen molar-refractivity contribution in [2.45, 2.75) is 52.1 Å². The Morgan fingerprint density at radius 1 is 1.12 bits per heavy atom. The average molecular weight is 470 g/mol. The predicted molar refractivity (Wildman–Crippen MR) is 137 cm³/mol. The van der Waals surface area contributed by atoms with E-state index in [4.69, 9.17) is 5.41 Å². The summed E-state index contributed by atoms with van der Waals surface area (Å²) in [6, 6.07) is 14.3. The lowest BCUT2D eigenvalue weighted by Gasteiger charge is -2.21. The van der Waals surface area contributed by atoms with Gasteiger partial charge in [0.05, 0.1) is 17.1 Å². The van der Waals surface area contributed by atoms with Crippen LogP contribution in [0.5, 0.6) is 0 Å². The Labute approximate surface area is 201 Å². The summed E-state index contributed by atoms with van der Waals surface area (Å²) in [6.07, 6.45) is 3.65. The number of carbonyl (C=O) groups is 2. The van der Waals surface area contributed by atoms with E-state index >= 15 is 0 Å². The minimum Gasteiger partial charge on any atom is -0.311 e. The molecule has 0 saturated carbocycles. The van der Waals surface area contributed by atoms with Gasteiger partial charge >= 0.3 is 6.03 Å². The number of rotatable bonds is 8. The third kappa shape index (κ3) is 6.65. The summed E-state index contributed by atoms with van der Waals surface area (Å²) >= 11 is 0. The van der Waals surface area contributed by atoms with E-state index in [1.165, 1.54) is 4.90 Å². The fourth-order valence-electron chi connectivity index (χ4n) is 3.72. The first kappa shape index (κ1) is 26.1. The van der Waals surface area contributed by atoms with Crippen LogP contribution in [0.2, 0.25) is 0 Å².